The molecule has 29 heavy (non-hydrogen) atoms. The van der Waals surface area contributed by atoms with Gasteiger partial charge in [-0.2, -0.15) is 0 Å². The summed E-state index contributed by atoms with van der Waals surface area (Å²) >= 11 is 0. The van der Waals surface area contributed by atoms with Gasteiger partial charge in [0.25, 0.3) is 5.91 Å². The second-order valence-corrected chi connectivity index (χ2v) is 7.15. The van der Waals surface area contributed by atoms with E-state index in [1.165, 1.54) is 4.90 Å². The van der Waals surface area contributed by atoms with E-state index in [0.29, 0.717) is 24.3 Å². The van der Waals surface area contributed by atoms with Gasteiger partial charge in [0.15, 0.2) is 0 Å². The number of anilines is 2. The number of piperazine rings is 1. The van der Waals surface area contributed by atoms with Crippen LogP contribution in [0.3, 0.4) is 0 Å². The van der Waals surface area contributed by atoms with Crippen molar-refractivity contribution < 1.29 is 19.1 Å². The number of imide groups is 1. The molecular formula is C22H23N3O4. The van der Waals surface area contributed by atoms with E-state index in [9.17, 15) is 14.4 Å². The van der Waals surface area contributed by atoms with E-state index in [4.69, 9.17) is 4.74 Å². The minimum atomic E-state index is -0.191. The molecule has 7 nitrogen and oxygen atoms in total. The van der Waals surface area contributed by atoms with Gasteiger partial charge in [-0.3, -0.25) is 19.3 Å². The molecule has 2 aromatic rings. The number of hydrogen-bond donors (Lipinski definition) is 0. The number of hydrogen-bond acceptors (Lipinski definition) is 5. The van der Waals surface area contributed by atoms with Crippen molar-refractivity contribution in [2.75, 3.05) is 43.1 Å². The van der Waals surface area contributed by atoms with Crippen molar-refractivity contribution >= 4 is 29.1 Å². The van der Waals surface area contributed by atoms with Crippen molar-refractivity contribution in [3.05, 3.63) is 54.1 Å². The van der Waals surface area contributed by atoms with Crippen LogP contribution in [0.25, 0.3) is 0 Å². The van der Waals surface area contributed by atoms with Gasteiger partial charge in [-0.1, -0.05) is 0 Å². The molecule has 150 valence electrons. The molecule has 2 heterocycles. The monoisotopic (exact) mass is 393 g/mol. The molecule has 2 fully saturated rings. The largest absolute Gasteiger partial charge is 0.497 e. The molecule has 0 aromatic heterocycles. The van der Waals surface area contributed by atoms with Crippen molar-refractivity contribution in [1.82, 2.24) is 4.90 Å². The van der Waals surface area contributed by atoms with Gasteiger partial charge in [0.05, 0.1) is 12.8 Å². The summed E-state index contributed by atoms with van der Waals surface area (Å²) in [5.41, 5.74) is 2.20. The summed E-state index contributed by atoms with van der Waals surface area (Å²) in [6.07, 6.45) is 0.496. The first-order valence-corrected chi connectivity index (χ1v) is 9.71. The smallest absolute Gasteiger partial charge is 0.253 e. The molecule has 2 aromatic carbocycles. The van der Waals surface area contributed by atoms with Gasteiger partial charge in [0.1, 0.15) is 5.75 Å². The van der Waals surface area contributed by atoms with Crippen LogP contribution in [0.5, 0.6) is 5.75 Å². The fourth-order valence-corrected chi connectivity index (χ4v) is 3.76. The van der Waals surface area contributed by atoms with Crippen LogP contribution >= 0.6 is 0 Å². The van der Waals surface area contributed by atoms with E-state index in [2.05, 4.69) is 4.90 Å². The lowest BCUT2D eigenvalue weighted by molar-refractivity contribution is -0.121. The molecule has 2 saturated heterocycles. The van der Waals surface area contributed by atoms with E-state index in [1.54, 1.807) is 31.4 Å². The molecule has 0 aliphatic carbocycles. The molecule has 2 aliphatic rings. The normalized spacial score (nSPS) is 17.1. The van der Waals surface area contributed by atoms with Crippen LogP contribution in [0.1, 0.15) is 23.2 Å². The van der Waals surface area contributed by atoms with Gasteiger partial charge in [0, 0.05) is 50.3 Å². The first-order chi connectivity index (χ1) is 14.1. The van der Waals surface area contributed by atoms with Crippen LogP contribution in [0, 0.1) is 0 Å². The molecule has 0 bridgehead atoms. The van der Waals surface area contributed by atoms with Crippen molar-refractivity contribution in [2.45, 2.75) is 12.8 Å². The van der Waals surface area contributed by atoms with Gasteiger partial charge >= 0.3 is 0 Å². The Morgan fingerprint density at radius 2 is 1.34 bits per heavy atom. The summed E-state index contributed by atoms with van der Waals surface area (Å²) in [6.45, 7) is 2.78. The van der Waals surface area contributed by atoms with Gasteiger partial charge in [-0.25, -0.2) is 0 Å². The number of ether oxygens (including phenoxy) is 1. The molecule has 7 heteroatoms. The zero-order valence-corrected chi connectivity index (χ0v) is 16.3. The van der Waals surface area contributed by atoms with Crippen LogP contribution in [-0.4, -0.2) is 55.9 Å². The number of carbonyl (C=O) groups is 3. The minimum absolute atomic E-state index is 0.0370. The highest BCUT2D eigenvalue weighted by atomic mass is 16.5. The molecular weight excluding hydrogens is 370 g/mol. The molecule has 2 aliphatic heterocycles. The van der Waals surface area contributed by atoms with Crippen molar-refractivity contribution in [3.8, 4) is 5.75 Å². The zero-order chi connectivity index (χ0) is 20.4. The summed E-state index contributed by atoms with van der Waals surface area (Å²) in [6, 6.07) is 14.6. The van der Waals surface area contributed by atoms with Crippen molar-refractivity contribution in [1.29, 1.82) is 0 Å². The standard InChI is InChI=1S/C22H23N3O4/c1-29-19-8-6-17(7-9-19)23-12-14-24(15-13-23)22(28)16-2-4-18(5-3-16)25-20(26)10-11-21(25)27/h2-9H,10-15H2,1H3. The first kappa shape index (κ1) is 19.0. The third-order valence-corrected chi connectivity index (χ3v) is 5.43. The van der Waals surface area contributed by atoms with Crippen molar-refractivity contribution in [3.63, 3.8) is 0 Å². The van der Waals surface area contributed by atoms with Crippen LogP contribution < -0.4 is 14.5 Å². The SMILES string of the molecule is COc1ccc(N2CCN(C(=O)c3ccc(N4C(=O)CCC4=O)cc3)CC2)cc1. The molecule has 0 radical (unpaired) electrons. The van der Waals surface area contributed by atoms with E-state index in [1.807, 2.05) is 29.2 Å². The Hall–Kier alpha value is -3.35. The Morgan fingerprint density at radius 3 is 1.90 bits per heavy atom. The Balaban J connectivity index is 1.38. The quantitative estimate of drug-likeness (QED) is 0.746. The molecule has 0 saturated carbocycles. The zero-order valence-electron chi connectivity index (χ0n) is 16.3. The van der Waals surface area contributed by atoms with Crippen molar-refractivity contribution in [2.24, 2.45) is 0 Å². The Labute approximate surface area is 169 Å². The summed E-state index contributed by atoms with van der Waals surface area (Å²) in [5.74, 6) is 0.404. The van der Waals surface area contributed by atoms with E-state index >= 15 is 0 Å². The lowest BCUT2D eigenvalue weighted by Crippen LogP contribution is -2.48. The predicted octanol–water partition coefficient (Wildman–Crippen LogP) is 2.31. The van der Waals surface area contributed by atoms with Crippen LogP contribution in [0.4, 0.5) is 11.4 Å². The maximum atomic E-state index is 12.8. The second-order valence-electron chi connectivity index (χ2n) is 7.15. The number of benzene rings is 2. The van der Waals surface area contributed by atoms with Gasteiger partial charge in [-0.15, -0.1) is 0 Å². The van der Waals surface area contributed by atoms with Crippen LogP contribution in [-0.2, 0) is 9.59 Å². The topological polar surface area (TPSA) is 70.2 Å². The average Bonchev–Trinajstić information content (AvgIpc) is 3.11. The van der Waals surface area contributed by atoms with Gasteiger partial charge in [-0.05, 0) is 48.5 Å². The van der Waals surface area contributed by atoms with E-state index in [-0.39, 0.29) is 30.6 Å². The summed E-state index contributed by atoms with van der Waals surface area (Å²) in [4.78, 5) is 41.8. The fraction of sp³-hybridized carbons (Fsp3) is 0.318. The molecule has 3 amide bonds. The first-order valence-electron chi connectivity index (χ1n) is 9.71. The average molecular weight is 393 g/mol. The second kappa shape index (κ2) is 7.95. The van der Waals surface area contributed by atoms with Crippen LogP contribution in [0.15, 0.2) is 48.5 Å². The third-order valence-electron chi connectivity index (χ3n) is 5.43. The summed E-state index contributed by atoms with van der Waals surface area (Å²) < 4.78 is 5.19. The number of rotatable bonds is 4. The minimum Gasteiger partial charge on any atom is -0.497 e. The highest BCUT2D eigenvalue weighted by Gasteiger charge is 2.30. The molecule has 0 N–H and O–H groups in total. The predicted molar refractivity (Wildman–Crippen MR) is 109 cm³/mol. The summed E-state index contributed by atoms with van der Waals surface area (Å²) in [5, 5.41) is 0. The molecule has 0 spiro atoms. The van der Waals surface area contributed by atoms with Crippen LogP contribution in [0.2, 0.25) is 0 Å². The Morgan fingerprint density at radius 1 is 0.793 bits per heavy atom. The van der Waals surface area contributed by atoms with E-state index < -0.39 is 0 Å². The van der Waals surface area contributed by atoms with Gasteiger partial charge in [0.2, 0.25) is 11.8 Å². The maximum absolute atomic E-state index is 12.8. The lowest BCUT2D eigenvalue weighted by Gasteiger charge is -2.36. The number of amides is 3. The Kier molecular flexibility index (Phi) is 5.20. The number of nitrogens with zero attached hydrogens (tertiary/aromatic N) is 3. The number of methoxy groups -OCH3 is 1. The van der Waals surface area contributed by atoms with Gasteiger partial charge < -0.3 is 14.5 Å². The highest BCUT2D eigenvalue weighted by molar-refractivity contribution is 6.19. The molecule has 0 unspecified atom stereocenters. The third kappa shape index (κ3) is 3.81. The maximum Gasteiger partial charge on any atom is 0.253 e. The van der Waals surface area contributed by atoms with E-state index in [0.717, 1.165) is 24.5 Å². The molecule has 0 atom stereocenters. The Bertz CT molecular complexity index is 900. The highest BCUT2D eigenvalue weighted by Crippen LogP contribution is 2.24. The number of carbonyl (C=O) groups excluding carboxylic acids is 3. The fourth-order valence-electron chi connectivity index (χ4n) is 3.76. The molecule has 4 rings (SSSR count). The lowest BCUT2D eigenvalue weighted by atomic mass is 10.1. The summed E-state index contributed by atoms with van der Waals surface area (Å²) in [7, 11) is 1.65.